The number of benzene rings is 1. The molecule has 0 aliphatic heterocycles. The van der Waals surface area contributed by atoms with Crippen LogP contribution in [-0.2, 0) is 11.2 Å². The number of thioether (sulfide) groups is 1. The summed E-state index contributed by atoms with van der Waals surface area (Å²) in [6.07, 6.45) is 0.895. The van der Waals surface area contributed by atoms with E-state index >= 15 is 0 Å². The average molecular weight is 365 g/mol. The van der Waals surface area contributed by atoms with Crippen LogP contribution in [0.1, 0.15) is 31.9 Å². The number of rotatable bonds is 8. The van der Waals surface area contributed by atoms with E-state index in [0.29, 0.717) is 11.7 Å². The highest BCUT2D eigenvalue weighted by atomic mass is 32.2. The second kappa shape index (κ2) is 9.03. The van der Waals surface area contributed by atoms with E-state index in [2.05, 4.69) is 41.6 Å². The van der Waals surface area contributed by atoms with E-state index in [4.69, 9.17) is 0 Å². The fourth-order valence-corrected chi connectivity index (χ4v) is 3.69. The van der Waals surface area contributed by atoms with Crippen LogP contribution in [0, 0.1) is 12.8 Å². The Hall–Kier alpha value is -1.60. The number of para-hydroxylation sites is 1. The Kier molecular flexibility index (Phi) is 7.05. The van der Waals surface area contributed by atoms with E-state index in [-0.39, 0.29) is 5.91 Å². The van der Waals surface area contributed by atoms with Crippen molar-refractivity contribution >= 4 is 39.8 Å². The first-order valence-corrected chi connectivity index (χ1v) is 9.88. The molecule has 1 heterocycles. The Balaban J connectivity index is 1.88. The van der Waals surface area contributed by atoms with Crippen LogP contribution in [0.25, 0.3) is 0 Å². The SMILES string of the molecule is CCc1cccc(C)c1NC(=O)CSc1nnc(NCC(C)C)s1. The van der Waals surface area contributed by atoms with Crippen molar-refractivity contribution in [1.29, 1.82) is 0 Å². The van der Waals surface area contributed by atoms with E-state index < -0.39 is 0 Å². The van der Waals surface area contributed by atoms with Crippen molar-refractivity contribution in [2.24, 2.45) is 5.92 Å². The quantitative estimate of drug-likeness (QED) is 0.687. The molecule has 0 radical (unpaired) electrons. The van der Waals surface area contributed by atoms with Crippen LogP contribution in [0.15, 0.2) is 22.5 Å². The summed E-state index contributed by atoms with van der Waals surface area (Å²) in [6, 6.07) is 6.08. The zero-order valence-electron chi connectivity index (χ0n) is 14.5. The Labute approximate surface area is 151 Å². The smallest absolute Gasteiger partial charge is 0.234 e. The lowest BCUT2D eigenvalue weighted by Crippen LogP contribution is -2.16. The molecule has 0 atom stereocenters. The molecular weight excluding hydrogens is 340 g/mol. The van der Waals surface area contributed by atoms with Crippen LogP contribution in [0.5, 0.6) is 0 Å². The molecule has 5 nitrogen and oxygen atoms in total. The molecule has 24 heavy (non-hydrogen) atoms. The minimum atomic E-state index is -0.0177. The number of aromatic nitrogens is 2. The summed E-state index contributed by atoms with van der Waals surface area (Å²) >= 11 is 2.90. The lowest BCUT2D eigenvalue weighted by Gasteiger charge is -2.12. The first-order chi connectivity index (χ1) is 11.5. The largest absolute Gasteiger partial charge is 0.360 e. The maximum Gasteiger partial charge on any atom is 0.234 e. The maximum atomic E-state index is 12.2. The van der Waals surface area contributed by atoms with Gasteiger partial charge in [-0.2, -0.15) is 0 Å². The summed E-state index contributed by atoms with van der Waals surface area (Å²) in [5.41, 5.74) is 3.18. The Morgan fingerprint density at radius 3 is 2.83 bits per heavy atom. The molecule has 0 saturated heterocycles. The van der Waals surface area contributed by atoms with Gasteiger partial charge < -0.3 is 10.6 Å². The summed E-state index contributed by atoms with van der Waals surface area (Å²) in [7, 11) is 0. The molecule has 130 valence electrons. The van der Waals surface area contributed by atoms with Gasteiger partial charge in [-0.1, -0.05) is 62.1 Å². The number of hydrogen-bond donors (Lipinski definition) is 2. The molecule has 7 heteroatoms. The van der Waals surface area contributed by atoms with E-state index in [0.717, 1.165) is 39.3 Å². The van der Waals surface area contributed by atoms with Gasteiger partial charge >= 0.3 is 0 Å². The van der Waals surface area contributed by atoms with Crippen LogP contribution >= 0.6 is 23.1 Å². The van der Waals surface area contributed by atoms with Gasteiger partial charge in [-0.05, 0) is 30.4 Å². The van der Waals surface area contributed by atoms with Gasteiger partial charge in [0.1, 0.15) is 0 Å². The fourth-order valence-electron chi connectivity index (χ4n) is 2.14. The molecule has 0 bridgehead atoms. The normalized spacial score (nSPS) is 10.9. The number of carbonyl (C=O) groups is 1. The highest BCUT2D eigenvalue weighted by Gasteiger charge is 2.11. The molecule has 0 unspecified atom stereocenters. The van der Waals surface area contributed by atoms with Gasteiger partial charge in [0.15, 0.2) is 4.34 Å². The topological polar surface area (TPSA) is 66.9 Å². The van der Waals surface area contributed by atoms with Gasteiger partial charge in [-0.15, -0.1) is 10.2 Å². The average Bonchev–Trinajstić information content (AvgIpc) is 3.01. The van der Waals surface area contributed by atoms with Crippen molar-refractivity contribution in [1.82, 2.24) is 10.2 Å². The lowest BCUT2D eigenvalue weighted by atomic mass is 10.1. The van der Waals surface area contributed by atoms with Crippen molar-refractivity contribution in [2.75, 3.05) is 22.9 Å². The van der Waals surface area contributed by atoms with Gasteiger partial charge in [0.05, 0.1) is 5.75 Å². The zero-order valence-corrected chi connectivity index (χ0v) is 16.2. The molecule has 1 aromatic heterocycles. The van der Waals surface area contributed by atoms with Crippen LogP contribution in [-0.4, -0.2) is 28.4 Å². The third kappa shape index (κ3) is 5.49. The van der Waals surface area contributed by atoms with Crippen molar-refractivity contribution < 1.29 is 4.79 Å². The molecule has 1 amide bonds. The van der Waals surface area contributed by atoms with Crippen LogP contribution in [0.4, 0.5) is 10.8 Å². The monoisotopic (exact) mass is 364 g/mol. The molecule has 0 saturated carbocycles. The number of nitrogens with zero attached hydrogens (tertiary/aromatic N) is 2. The minimum Gasteiger partial charge on any atom is -0.360 e. The second-order valence-electron chi connectivity index (χ2n) is 5.95. The maximum absolute atomic E-state index is 12.2. The standard InChI is InChI=1S/C17H24N4OS2/c1-5-13-8-6-7-12(4)15(13)19-14(22)10-23-17-21-20-16(24-17)18-9-11(2)3/h6-8,11H,5,9-10H2,1-4H3,(H,18,20)(H,19,22). The third-order valence-corrected chi connectivity index (χ3v) is 5.41. The highest BCUT2D eigenvalue weighted by molar-refractivity contribution is 8.01. The zero-order chi connectivity index (χ0) is 17.5. The summed E-state index contributed by atoms with van der Waals surface area (Å²) in [5, 5.41) is 15.3. The Morgan fingerprint density at radius 1 is 1.33 bits per heavy atom. The van der Waals surface area contributed by atoms with E-state index in [9.17, 15) is 4.79 Å². The van der Waals surface area contributed by atoms with Crippen molar-refractivity contribution in [3.05, 3.63) is 29.3 Å². The predicted octanol–water partition coefficient (Wildman–Crippen LogP) is 4.21. The molecule has 2 rings (SSSR count). The number of nitrogens with one attached hydrogen (secondary N) is 2. The van der Waals surface area contributed by atoms with Gasteiger partial charge in [0.2, 0.25) is 11.0 Å². The molecule has 0 fully saturated rings. The lowest BCUT2D eigenvalue weighted by molar-refractivity contribution is -0.113. The molecule has 2 N–H and O–H groups in total. The van der Waals surface area contributed by atoms with Gasteiger partial charge in [-0.3, -0.25) is 4.79 Å². The van der Waals surface area contributed by atoms with Crippen LogP contribution in [0.2, 0.25) is 0 Å². The van der Waals surface area contributed by atoms with Crippen molar-refractivity contribution in [3.8, 4) is 0 Å². The molecule has 2 aromatic rings. The van der Waals surface area contributed by atoms with Crippen LogP contribution in [0.3, 0.4) is 0 Å². The van der Waals surface area contributed by atoms with Gasteiger partial charge in [-0.25, -0.2) is 0 Å². The third-order valence-electron chi connectivity index (χ3n) is 3.40. The number of aryl methyl sites for hydroxylation is 2. The predicted molar refractivity (Wildman–Crippen MR) is 103 cm³/mol. The first-order valence-electron chi connectivity index (χ1n) is 8.08. The van der Waals surface area contributed by atoms with Crippen LogP contribution < -0.4 is 10.6 Å². The molecule has 0 aliphatic rings. The summed E-state index contributed by atoms with van der Waals surface area (Å²) in [6.45, 7) is 9.26. The molecule has 0 aliphatic carbocycles. The van der Waals surface area contributed by atoms with Gasteiger partial charge in [0, 0.05) is 12.2 Å². The molecular formula is C17H24N4OS2. The number of hydrogen-bond acceptors (Lipinski definition) is 6. The van der Waals surface area contributed by atoms with E-state index in [1.807, 2.05) is 25.1 Å². The van der Waals surface area contributed by atoms with E-state index in [1.54, 1.807) is 0 Å². The molecule has 1 aromatic carbocycles. The fraction of sp³-hybridized carbons (Fsp3) is 0.471. The van der Waals surface area contributed by atoms with E-state index in [1.165, 1.54) is 23.1 Å². The number of carbonyl (C=O) groups excluding carboxylic acids is 1. The number of anilines is 2. The minimum absolute atomic E-state index is 0.0177. The molecule has 0 spiro atoms. The first kappa shape index (κ1) is 18.7. The highest BCUT2D eigenvalue weighted by Crippen LogP contribution is 2.26. The number of amides is 1. The summed E-state index contributed by atoms with van der Waals surface area (Å²) < 4.78 is 0.803. The Morgan fingerprint density at radius 2 is 2.12 bits per heavy atom. The van der Waals surface area contributed by atoms with Crippen molar-refractivity contribution in [3.63, 3.8) is 0 Å². The summed E-state index contributed by atoms with van der Waals surface area (Å²) in [5.74, 6) is 0.865. The van der Waals surface area contributed by atoms with Crippen molar-refractivity contribution in [2.45, 2.75) is 38.5 Å². The summed E-state index contributed by atoms with van der Waals surface area (Å²) in [4.78, 5) is 12.2. The van der Waals surface area contributed by atoms with Gasteiger partial charge in [0.25, 0.3) is 0 Å². The Bertz CT molecular complexity index is 685. The second-order valence-corrected chi connectivity index (χ2v) is 8.15.